The topological polar surface area (TPSA) is 75.4 Å². The van der Waals surface area contributed by atoms with Gasteiger partial charge in [-0.15, -0.1) is 12.4 Å². The molecule has 0 aromatic rings. The van der Waals surface area contributed by atoms with Crippen molar-refractivity contribution in [2.75, 3.05) is 20.1 Å². The number of nitrogens with two attached hydrogens (primary N) is 1. The molecule has 0 aromatic heterocycles. The lowest BCUT2D eigenvalue weighted by Crippen LogP contribution is -2.40. The summed E-state index contributed by atoms with van der Waals surface area (Å²) in [6.07, 6.45) is 0.778. The van der Waals surface area contributed by atoms with Gasteiger partial charge in [0.15, 0.2) is 0 Å². The quantitative estimate of drug-likeness (QED) is 0.729. The Hall–Kier alpha value is -0.810. The highest BCUT2D eigenvalue weighted by Crippen LogP contribution is 2.03. The van der Waals surface area contributed by atoms with Crippen LogP contribution in [0.3, 0.4) is 0 Å². The molecule has 17 heavy (non-hydrogen) atoms. The van der Waals surface area contributed by atoms with Crippen LogP contribution in [0.5, 0.6) is 0 Å². The van der Waals surface area contributed by atoms with E-state index in [1.807, 2.05) is 0 Å². The maximum Gasteiger partial charge on any atom is 0.241 e. The van der Waals surface area contributed by atoms with Crippen molar-refractivity contribution in [1.82, 2.24) is 10.2 Å². The first-order valence-electron chi connectivity index (χ1n) is 5.58. The second-order valence-electron chi connectivity index (χ2n) is 4.42. The summed E-state index contributed by atoms with van der Waals surface area (Å²) < 4.78 is 0. The molecule has 0 rings (SSSR count). The molecule has 0 heterocycles. The Balaban J connectivity index is 0. The van der Waals surface area contributed by atoms with Crippen LogP contribution in [0.4, 0.5) is 0 Å². The van der Waals surface area contributed by atoms with Crippen molar-refractivity contribution in [3.05, 3.63) is 0 Å². The van der Waals surface area contributed by atoms with Crippen LogP contribution >= 0.6 is 12.4 Å². The summed E-state index contributed by atoms with van der Waals surface area (Å²) in [7, 11) is 1.72. The van der Waals surface area contributed by atoms with Crippen molar-refractivity contribution >= 4 is 24.2 Å². The number of nitrogens with one attached hydrogen (secondary N) is 1. The highest BCUT2D eigenvalue weighted by Gasteiger charge is 2.12. The van der Waals surface area contributed by atoms with Crippen molar-refractivity contribution in [3.63, 3.8) is 0 Å². The number of carbonyl (C=O) groups is 2. The number of halogens is 1. The number of hydrogen-bond acceptors (Lipinski definition) is 3. The summed E-state index contributed by atoms with van der Waals surface area (Å²) in [5.41, 5.74) is 5.88. The molecule has 0 saturated heterocycles. The van der Waals surface area contributed by atoms with E-state index in [0.29, 0.717) is 12.5 Å². The average molecular weight is 266 g/mol. The zero-order valence-electron chi connectivity index (χ0n) is 11.0. The first kappa shape index (κ1) is 18.6. The van der Waals surface area contributed by atoms with E-state index in [2.05, 4.69) is 19.2 Å². The SMILES string of the molecule is CC(=O)NCC(=O)N(C)CCC(N)C(C)C.Cl. The van der Waals surface area contributed by atoms with Gasteiger partial charge >= 0.3 is 0 Å². The summed E-state index contributed by atoms with van der Waals surface area (Å²) in [5, 5.41) is 2.48. The number of carbonyl (C=O) groups excluding carboxylic acids is 2. The maximum atomic E-state index is 11.5. The third-order valence-corrected chi connectivity index (χ3v) is 2.57. The molecular weight excluding hydrogens is 242 g/mol. The number of hydrogen-bond donors (Lipinski definition) is 2. The Morgan fingerprint density at radius 2 is 1.88 bits per heavy atom. The van der Waals surface area contributed by atoms with Gasteiger partial charge in [-0.3, -0.25) is 9.59 Å². The lowest BCUT2D eigenvalue weighted by atomic mass is 10.0. The molecule has 0 spiro atoms. The molecule has 0 aliphatic rings. The predicted octanol–water partition coefficient (Wildman–Crippen LogP) is 0.376. The summed E-state index contributed by atoms with van der Waals surface area (Å²) >= 11 is 0. The van der Waals surface area contributed by atoms with E-state index in [4.69, 9.17) is 5.73 Å². The standard InChI is InChI=1S/C11H23N3O2.ClH/c1-8(2)10(12)5-6-14(4)11(16)7-13-9(3)15;/h8,10H,5-7,12H2,1-4H3,(H,13,15);1H. The van der Waals surface area contributed by atoms with Crippen molar-refractivity contribution in [1.29, 1.82) is 0 Å². The second-order valence-corrected chi connectivity index (χ2v) is 4.42. The molecule has 0 aromatic carbocycles. The van der Waals surface area contributed by atoms with Gasteiger partial charge in [-0.2, -0.15) is 0 Å². The Kier molecular flexibility index (Phi) is 10.1. The summed E-state index contributed by atoms with van der Waals surface area (Å²) in [6, 6.07) is 0.107. The van der Waals surface area contributed by atoms with E-state index in [-0.39, 0.29) is 36.8 Å². The molecule has 0 aliphatic carbocycles. The lowest BCUT2D eigenvalue weighted by Gasteiger charge is -2.21. The highest BCUT2D eigenvalue weighted by atomic mass is 35.5. The maximum absolute atomic E-state index is 11.5. The number of nitrogens with zero attached hydrogens (tertiary/aromatic N) is 1. The van der Waals surface area contributed by atoms with Crippen LogP contribution in [0.25, 0.3) is 0 Å². The zero-order valence-corrected chi connectivity index (χ0v) is 11.8. The Labute approximate surface area is 110 Å². The second kappa shape index (κ2) is 9.24. The summed E-state index contributed by atoms with van der Waals surface area (Å²) in [4.78, 5) is 23.7. The zero-order chi connectivity index (χ0) is 12.7. The average Bonchev–Trinajstić information content (AvgIpc) is 2.21. The minimum absolute atomic E-state index is 0. The highest BCUT2D eigenvalue weighted by molar-refractivity contribution is 5.85. The van der Waals surface area contributed by atoms with Gasteiger partial charge in [-0.05, 0) is 12.3 Å². The molecule has 102 valence electrons. The summed E-state index contributed by atoms with van der Waals surface area (Å²) in [6.45, 7) is 6.19. The number of amides is 2. The monoisotopic (exact) mass is 265 g/mol. The predicted molar refractivity (Wildman–Crippen MR) is 71.0 cm³/mol. The van der Waals surface area contributed by atoms with Gasteiger partial charge in [0.2, 0.25) is 11.8 Å². The Morgan fingerprint density at radius 1 is 1.35 bits per heavy atom. The Bertz CT molecular complexity index is 247. The van der Waals surface area contributed by atoms with Crippen LogP contribution in [0.1, 0.15) is 27.2 Å². The fourth-order valence-electron chi connectivity index (χ4n) is 1.14. The number of likely N-dealkylation sites (N-methyl/N-ethyl adjacent to an activating group) is 1. The van der Waals surface area contributed by atoms with E-state index < -0.39 is 0 Å². The molecule has 0 saturated carbocycles. The van der Waals surface area contributed by atoms with Crippen LogP contribution in [0.2, 0.25) is 0 Å². The van der Waals surface area contributed by atoms with E-state index in [9.17, 15) is 9.59 Å². The van der Waals surface area contributed by atoms with Crippen LogP contribution in [-0.2, 0) is 9.59 Å². The van der Waals surface area contributed by atoms with Gasteiger partial charge < -0.3 is 16.0 Å². The number of rotatable bonds is 6. The van der Waals surface area contributed by atoms with Gasteiger partial charge in [0, 0.05) is 26.6 Å². The molecule has 3 N–H and O–H groups in total. The van der Waals surface area contributed by atoms with Crippen molar-refractivity contribution in [2.45, 2.75) is 33.2 Å². The van der Waals surface area contributed by atoms with Gasteiger partial charge in [-0.1, -0.05) is 13.8 Å². The first-order chi connectivity index (χ1) is 7.34. The molecule has 2 amide bonds. The molecule has 0 bridgehead atoms. The lowest BCUT2D eigenvalue weighted by molar-refractivity contribution is -0.131. The largest absolute Gasteiger partial charge is 0.347 e. The fourth-order valence-corrected chi connectivity index (χ4v) is 1.14. The third-order valence-electron chi connectivity index (χ3n) is 2.57. The minimum Gasteiger partial charge on any atom is -0.347 e. The first-order valence-corrected chi connectivity index (χ1v) is 5.58. The van der Waals surface area contributed by atoms with Crippen LogP contribution in [0, 0.1) is 5.92 Å². The molecule has 6 heteroatoms. The third kappa shape index (κ3) is 8.94. The fraction of sp³-hybridized carbons (Fsp3) is 0.818. The molecule has 0 radical (unpaired) electrons. The smallest absolute Gasteiger partial charge is 0.241 e. The van der Waals surface area contributed by atoms with Crippen molar-refractivity contribution < 1.29 is 9.59 Å². The van der Waals surface area contributed by atoms with E-state index >= 15 is 0 Å². The molecule has 0 fully saturated rings. The van der Waals surface area contributed by atoms with Gasteiger partial charge in [0.05, 0.1) is 6.54 Å². The molecular formula is C11H24ClN3O2. The van der Waals surface area contributed by atoms with Crippen LogP contribution in [-0.4, -0.2) is 42.9 Å². The van der Waals surface area contributed by atoms with Crippen molar-refractivity contribution in [3.8, 4) is 0 Å². The van der Waals surface area contributed by atoms with Crippen LogP contribution < -0.4 is 11.1 Å². The summed E-state index contributed by atoms with van der Waals surface area (Å²) in [5.74, 6) is 0.130. The minimum atomic E-state index is -0.194. The van der Waals surface area contributed by atoms with Gasteiger partial charge in [-0.25, -0.2) is 0 Å². The molecule has 1 unspecified atom stereocenters. The normalized spacial score (nSPS) is 11.6. The molecule has 1 atom stereocenters. The molecule has 5 nitrogen and oxygen atoms in total. The van der Waals surface area contributed by atoms with Crippen molar-refractivity contribution in [2.24, 2.45) is 11.7 Å². The van der Waals surface area contributed by atoms with Gasteiger partial charge in [0.1, 0.15) is 0 Å². The van der Waals surface area contributed by atoms with E-state index in [1.165, 1.54) is 6.92 Å². The Morgan fingerprint density at radius 3 is 2.29 bits per heavy atom. The molecule has 0 aliphatic heterocycles. The van der Waals surface area contributed by atoms with E-state index in [1.54, 1.807) is 11.9 Å². The van der Waals surface area contributed by atoms with Gasteiger partial charge in [0.25, 0.3) is 0 Å². The van der Waals surface area contributed by atoms with E-state index in [0.717, 1.165) is 6.42 Å². The van der Waals surface area contributed by atoms with Crippen LogP contribution in [0.15, 0.2) is 0 Å².